The number of anilines is 1. The molecule has 166 valence electrons. The zero-order chi connectivity index (χ0) is 23.0. The van der Waals surface area contributed by atoms with E-state index in [1.807, 2.05) is 30.3 Å². The van der Waals surface area contributed by atoms with Gasteiger partial charge in [-0.25, -0.2) is 13.1 Å². The Hall–Kier alpha value is -3.42. The summed E-state index contributed by atoms with van der Waals surface area (Å²) in [6.45, 7) is 0. The predicted molar refractivity (Wildman–Crippen MR) is 128 cm³/mol. The summed E-state index contributed by atoms with van der Waals surface area (Å²) in [4.78, 5) is 12.9. The number of hydrogen-bond donors (Lipinski definition) is 1. The third-order valence-electron chi connectivity index (χ3n) is 5.80. The van der Waals surface area contributed by atoms with Crippen LogP contribution in [0, 0.1) is 0 Å². The molecule has 1 atom stereocenters. The van der Waals surface area contributed by atoms with Crippen molar-refractivity contribution in [1.29, 1.82) is 0 Å². The molecule has 0 saturated carbocycles. The minimum absolute atomic E-state index is 0.0720. The van der Waals surface area contributed by atoms with Gasteiger partial charge in [-0.05, 0) is 66.4 Å². The molecule has 1 heterocycles. The molecule has 0 aliphatic heterocycles. The summed E-state index contributed by atoms with van der Waals surface area (Å²) in [6, 6.07) is 22.9. The van der Waals surface area contributed by atoms with E-state index in [4.69, 9.17) is 11.6 Å². The highest BCUT2D eigenvalue weighted by atomic mass is 35.5. The fourth-order valence-electron chi connectivity index (χ4n) is 4.12. The lowest BCUT2D eigenvalue weighted by Gasteiger charge is -2.23. The van der Waals surface area contributed by atoms with Gasteiger partial charge >= 0.3 is 0 Å². The molecule has 1 aromatic heterocycles. The van der Waals surface area contributed by atoms with E-state index in [0.29, 0.717) is 34.8 Å². The van der Waals surface area contributed by atoms with Crippen molar-refractivity contribution < 1.29 is 13.2 Å². The maximum atomic E-state index is 12.7. The number of hydrogen-bond acceptors (Lipinski definition) is 4. The molecule has 0 radical (unpaired) electrons. The number of fused-ring (bicyclic) bond motifs is 1. The predicted octanol–water partition coefficient (Wildman–Crippen LogP) is 5.24. The highest BCUT2D eigenvalue weighted by molar-refractivity contribution is 7.92. The lowest BCUT2D eigenvalue weighted by Crippen LogP contribution is -2.20. The van der Waals surface area contributed by atoms with E-state index < -0.39 is 10.0 Å². The topological polar surface area (TPSA) is 81.1 Å². The van der Waals surface area contributed by atoms with Crippen molar-refractivity contribution in [3.8, 4) is 5.69 Å². The number of sulfonamides is 1. The number of benzene rings is 3. The number of halogens is 1. The molecule has 0 fully saturated rings. The van der Waals surface area contributed by atoms with Crippen molar-refractivity contribution in [3.05, 3.63) is 107 Å². The number of rotatable bonds is 5. The molecule has 8 heteroatoms. The molecule has 0 saturated heterocycles. The van der Waals surface area contributed by atoms with Crippen LogP contribution in [-0.4, -0.2) is 24.0 Å². The van der Waals surface area contributed by atoms with E-state index in [1.54, 1.807) is 47.3 Å². The molecule has 3 aromatic carbocycles. The molecule has 0 amide bonds. The SMILES string of the molecule is O=C1CC(c2ccccc2)Cc2c1cnn2-c1ccc(S(=O)(=O)Nc2ccc(Cl)cc2)cc1. The van der Waals surface area contributed by atoms with Crippen molar-refractivity contribution in [1.82, 2.24) is 9.78 Å². The van der Waals surface area contributed by atoms with Gasteiger partial charge in [-0.15, -0.1) is 0 Å². The molecule has 1 aliphatic carbocycles. The van der Waals surface area contributed by atoms with Crippen molar-refractivity contribution in [2.24, 2.45) is 0 Å². The van der Waals surface area contributed by atoms with Crippen LogP contribution in [0.4, 0.5) is 5.69 Å². The van der Waals surface area contributed by atoms with Crippen LogP contribution < -0.4 is 4.72 Å². The average molecular weight is 478 g/mol. The number of nitrogens with zero attached hydrogens (tertiary/aromatic N) is 2. The average Bonchev–Trinajstić information content (AvgIpc) is 3.26. The second kappa shape index (κ2) is 8.50. The summed E-state index contributed by atoms with van der Waals surface area (Å²) in [6.07, 6.45) is 2.74. The summed E-state index contributed by atoms with van der Waals surface area (Å²) >= 11 is 5.86. The number of aromatic nitrogens is 2. The van der Waals surface area contributed by atoms with Crippen LogP contribution >= 0.6 is 11.6 Å². The smallest absolute Gasteiger partial charge is 0.261 e. The van der Waals surface area contributed by atoms with E-state index in [-0.39, 0.29) is 16.6 Å². The monoisotopic (exact) mass is 477 g/mol. The highest BCUT2D eigenvalue weighted by Crippen LogP contribution is 2.33. The van der Waals surface area contributed by atoms with Gasteiger partial charge in [0.05, 0.1) is 28.0 Å². The van der Waals surface area contributed by atoms with Crippen LogP contribution in [0.3, 0.4) is 0 Å². The Bertz CT molecular complexity index is 1410. The molecule has 1 unspecified atom stereocenters. The number of carbonyl (C=O) groups is 1. The number of nitrogens with one attached hydrogen (secondary N) is 1. The summed E-state index contributed by atoms with van der Waals surface area (Å²) < 4.78 is 29.8. The van der Waals surface area contributed by atoms with E-state index >= 15 is 0 Å². The first kappa shape index (κ1) is 21.4. The van der Waals surface area contributed by atoms with E-state index in [0.717, 1.165) is 11.3 Å². The van der Waals surface area contributed by atoms with Crippen molar-refractivity contribution in [2.45, 2.75) is 23.7 Å². The van der Waals surface area contributed by atoms with Gasteiger partial charge in [-0.2, -0.15) is 5.10 Å². The van der Waals surface area contributed by atoms with Crippen LogP contribution in [0.2, 0.25) is 5.02 Å². The summed E-state index contributed by atoms with van der Waals surface area (Å²) in [5.74, 6) is 0.160. The molecular formula is C25H20ClN3O3S. The minimum atomic E-state index is -3.76. The molecular weight excluding hydrogens is 458 g/mol. The van der Waals surface area contributed by atoms with Gasteiger partial charge in [0.25, 0.3) is 10.0 Å². The summed E-state index contributed by atoms with van der Waals surface area (Å²) in [5.41, 5.74) is 3.72. The molecule has 1 aliphatic rings. The van der Waals surface area contributed by atoms with Gasteiger partial charge in [0.2, 0.25) is 0 Å². The number of ketones is 1. The second-order valence-corrected chi connectivity index (χ2v) is 10.1. The van der Waals surface area contributed by atoms with Gasteiger partial charge in [0, 0.05) is 17.1 Å². The Morgan fingerprint density at radius 3 is 2.30 bits per heavy atom. The first-order chi connectivity index (χ1) is 15.9. The molecule has 1 N–H and O–H groups in total. The van der Waals surface area contributed by atoms with E-state index in [9.17, 15) is 13.2 Å². The fraction of sp³-hybridized carbons (Fsp3) is 0.120. The van der Waals surface area contributed by atoms with Crippen molar-refractivity contribution in [3.63, 3.8) is 0 Å². The Kier molecular flexibility index (Phi) is 5.52. The first-order valence-corrected chi connectivity index (χ1v) is 12.3. The third-order valence-corrected chi connectivity index (χ3v) is 7.45. The standard InChI is InChI=1S/C25H20ClN3O3S/c26-19-6-8-20(9-7-19)28-33(31,32)22-12-10-21(11-13-22)29-24-14-18(17-4-2-1-3-5-17)15-25(30)23(24)16-27-29/h1-13,16,18,28H,14-15H2. The van der Waals surface area contributed by atoms with Gasteiger partial charge in [-0.1, -0.05) is 41.9 Å². The zero-order valence-corrected chi connectivity index (χ0v) is 19.1. The Balaban J connectivity index is 1.42. The van der Waals surface area contributed by atoms with Gasteiger partial charge in [0.15, 0.2) is 5.78 Å². The number of carbonyl (C=O) groups excluding carboxylic acids is 1. The highest BCUT2D eigenvalue weighted by Gasteiger charge is 2.30. The second-order valence-electron chi connectivity index (χ2n) is 7.96. The maximum absolute atomic E-state index is 12.7. The van der Waals surface area contributed by atoms with Crippen LogP contribution in [0.5, 0.6) is 0 Å². The molecule has 0 spiro atoms. The molecule has 6 nitrogen and oxygen atoms in total. The lowest BCUT2D eigenvalue weighted by atomic mass is 9.82. The molecule has 4 aromatic rings. The van der Waals surface area contributed by atoms with Crippen LogP contribution in [0.25, 0.3) is 5.69 Å². The number of Topliss-reactive ketones (excluding diaryl/α,β-unsaturated/α-hetero) is 1. The van der Waals surface area contributed by atoms with Crippen molar-refractivity contribution >= 4 is 33.1 Å². The van der Waals surface area contributed by atoms with Gasteiger partial charge in [-0.3, -0.25) is 9.52 Å². The third kappa shape index (κ3) is 4.29. The van der Waals surface area contributed by atoms with E-state index in [1.165, 1.54) is 12.1 Å². The molecule has 0 bridgehead atoms. The maximum Gasteiger partial charge on any atom is 0.261 e. The van der Waals surface area contributed by atoms with Crippen LogP contribution in [0.15, 0.2) is 90.0 Å². The largest absolute Gasteiger partial charge is 0.294 e. The summed E-state index contributed by atoms with van der Waals surface area (Å²) in [7, 11) is -3.76. The zero-order valence-electron chi connectivity index (χ0n) is 17.5. The fourth-order valence-corrected chi connectivity index (χ4v) is 5.31. The van der Waals surface area contributed by atoms with Crippen LogP contribution in [0.1, 0.15) is 34.0 Å². The quantitative estimate of drug-likeness (QED) is 0.426. The first-order valence-electron chi connectivity index (χ1n) is 10.4. The molecule has 33 heavy (non-hydrogen) atoms. The Morgan fingerprint density at radius 2 is 1.61 bits per heavy atom. The summed E-state index contributed by atoms with van der Waals surface area (Å²) in [5, 5.41) is 4.96. The van der Waals surface area contributed by atoms with E-state index in [2.05, 4.69) is 9.82 Å². The molecule has 5 rings (SSSR count). The van der Waals surface area contributed by atoms with Gasteiger partial charge < -0.3 is 0 Å². The lowest BCUT2D eigenvalue weighted by molar-refractivity contribution is 0.0963. The minimum Gasteiger partial charge on any atom is -0.294 e. The van der Waals surface area contributed by atoms with Crippen molar-refractivity contribution in [2.75, 3.05) is 4.72 Å². The Morgan fingerprint density at radius 1 is 0.909 bits per heavy atom. The Labute approximate surface area is 196 Å². The van der Waals surface area contributed by atoms with Gasteiger partial charge in [0.1, 0.15) is 0 Å². The van der Waals surface area contributed by atoms with Crippen LogP contribution in [-0.2, 0) is 16.4 Å². The normalized spacial score (nSPS) is 15.8.